The molecule has 0 aliphatic heterocycles. The van der Waals surface area contributed by atoms with E-state index in [0.29, 0.717) is 21.8 Å². The Morgan fingerprint density at radius 2 is 1.94 bits per heavy atom. The number of fused-ring (bicyclic) bond motifs is 1. The van der Waals surface area contributed by atoms with Gasteiger partial charge in [-0.15, -0.1) is 23.1 Å². The average Bonchev–Trinajstić information content (AvgIpc) is 3.14. The molecule has 2 aromatic heterocycles. The minimum absolute atomic E-state index is 0.204. The lowest BCUT2D eigenvalue weighted by atomic mass is 10.1. The number of rotatable bonds is 5. The van der Waals surface area contributed by atoms with Crippen molar-refractivity contribution in [1.29, 1.82) is 0 Å². The van der Waals surface area contributed by atoms with E-state index >= 15 is 0 Å². The lowest BCUT2D eigenvalue weighted by Crippen LogP contribution is -2.46. The SMILES string of the molecule is CC(SCc1nc2scc(-c3ccccc3)c2c(=O)[nH]1)C(=O)NNC(=O)OC(C)(C)C. The highest BCUT2D eigenvalue weighted by atomic mass is 32.2. The highest BCUT2D eigenvalue weighted by Crippen LogP contribution is 2.30. The van der Waals surface area contributed by atoms with Gasteiger partial charge in [0.2, 0.25) is 0 Å². The molecule has 0 saturated carbocycles. The van der Waals surface area contributed by atoms with E-state index in [1.165, 1.54) is 23.1 Å². The summed E-state index contributed by atoms with van der Waals surface area (Å²) < 4.78 is 5.06. The molecular weight excluding hydrogens is 436 g/mol. The van der Waals surface area contributed by atoms with Gasteiger partial charge < -0.3 is 9.72 Å². The zero-order chi connectivity index (χ0) is 22.6. The van der Waals surface area contributed by atoms with E-state index in [1.807, 2.05) is 35.7 Å². The first-order chi connectivity index (χ1) is 14.6. The number of carbonyl (C=O) groups is 2. The predicted octanol–water partition coefficient (Wildman–Crippen LogP) is 3.83. The van der Waals surface area contributed by atoms with Crippen LogP contribution >= 0.6 is 23.1 Å². The molecule has 31 heavy (non-hydrogen) atoms. The van der Waals surface area contributed by atoms with Crippen molar-refractivity contribution in [3.8, 4) is 11.1 Å². The van der Waals surface area contributed by atoms with Crippen LogP contribution in [0.5, 0.6) is 0 Å². The summed E-state index contributed by atoms with van der Waals surface area (Å²) in [5.74, 6) is 0.440. The molecular formula is C21H24N4O4S2. The molecule has 3 rings (SSSR count). The minimum Gasteiger partial charge on any atom is -0.443 e. The highest BCUT2D eigenvalue weighted by Gasteiger charge is 2.19. The first-order valence-corrected chi connectivity index (χ1v) is 11.5. The number of hydrogen-bond donors (Lipinski definition) is 3. The Morgan fingerprint density at radius 3 is 2.61 bits per heavy atom. The van der Waals surface area contributed by atoms with Gasteiger partial charge >= 0.3 is 6.09 Å². The largest absolute Gasteiger partial charge is 0.443 e. The summed E-state index contributed by atoms with van der Waals surface area (Å²) in [7, 11) is 0. The van der Waals surface area contributed by atoms with E-state index in [4.69, 9.17) is 4.74 Å². The smallest absolute Gasteiger partial charge is 0.426 e. The van der Waals surface area contributed by atoms with E-state index in [1.54, 1.807) is 27.7 Å². The number of benzene rings is 1. The van der Waals surface area contributed by atoms with Gasteiger partial charge in [0.25, 0.3) is 11.5 Å². The number of nitrogens with one attached hydrogen (secondary N) is 3. The number of hydrazine groups is 1. The fraction of sp³-hybridized carbons (Fsp3) is 0.333. The third-order valence-electron chi connectivity index (χ3n) is 4.10. The van der Waals surface area contributed by atoms with Gasteiger partial charge in [-0.1, -0.05) is 30.3 Å². The third-order valence-corrected chi connectivity index (χ3v) is 6.13. The Kier molecular flexibility index (Phi) is 7.01. The van der Waals surface area contributed by atoms with Crippen molar-refractivity contribution in [2.75, 3.05) is 0 Å². The van der Waals surface area contributed by atoms with Gasteiger partial charge in [-0.3, -0.25) is 15.0 Å². The van der Waals surface area contributed by atoms with Crippen molar-refractivity contribution in [2.24, 2.45) is 0 Å². The maximum absolute atomic E-state index is 12.7. The maximum atomic E-state index is 12.7. The van der Waals surface area contributed by atoms with E-state index in [2.05, 4.69) is 20.8 Å². The van der Waals surface area contributed by atoms with E-state index < -0.39 is 16.9 Å². The van der Waals surface area contributed by atoms with Gasteiger partial charge in [0.05, 0.1) is 16.4 Å². The molecule has 0 bridgehead atoms. The Bertz CT molecular complexity index is 1140. The maximum Gasteiger partial charge on any atom is 0.426 e. The van der Waals surface area contributed by atoms with Crippen LogP contribution in [0.4, 0.5) is 4.79 Å². The van der Waals surface area contributed by atoms with Crippen molar-refractivity contribution in [2.45, 2.75) is 44.3 Å². The molecule has 3 N–H and O–H groups in total. The number of hydrogen-bond acceptors (Lipinski definition) is 7. The van der Waals surface area contributed by atoms with E-state index in [-0.39, 0.29) is 11.5 Å². The molecule has 164 valence electrons. The Balaban J connectivity index is 1.61. The number of thioether (sulfide) groups is 1. The number of nitrogens with zero attached hydrogens (tertiary/aromatic N) is 1. The second-order valence-electron chi connectivity index (χ2n) is 7.78. The van der Waals surface area contributed by atoms with Crippen LogP contribution in [0.15, 0.2) is 40.5 Å². The molecule has 0 fully saturated rings. The van der Waals surface area contributed by atoms with Crippen LogP contribution in [0.2, 0.25) is 0 Å². The number of aromatic nitrogens is 2. The molecule has 0 spiro atoms. The summed E-state index contributed by atoms with van der Waals surface area (Å²) in [6.07, 6.45) is -0.735. The van der Waals surface area contributed by atoms with Gasteiger partial charge in [0.1, 0.15) is 16.3 Å². The lowest BCUT2D eigenvalue weighted by Gasteiger charge is -2.20. The van der Waals surface area contributed by atoms with E-state index in [0.717, 1.165) is 11.1 Å². The molecule has 1 unspecified atom stereocenters. The summed E-state index contributed by atoms with van der Waals surface area (Å²) in [5.41, 5.74) is 5.51. The number of thiophene rings is 1. The predicted molar refractivity (Wildman–Crippen MR) is 124 cm³/mol. The molecule has 0 aliphatic carbocycles. The number of amides is 2. The van der Waals surface area contributed by atoms with Crippen LogP contribution in [0, 0.1) is 0 Å². The molecule has 0 radical (unpaired) electrons. The molecule has 0 aliphatic rings. The van der Waals surface area contributed by atoms with Crippen molar-refractivity contribution in [1.82, 2.24) is 20.8 Å². The van der Waals surface area contributed by atoms with Crippen LogP contribution in [0.25, 0.3) is 21.3 Å². The highest BCUT2D eigenvalue weighted by molar-refractivity contribution is 7.99. The van der Waals surface area contributed by atoms with Gasteiger partial charge in [-0.2, -0.15) is 0 Å². The van der Waals surface area contributed by atoms with Crippen LogP contribution in [0.1, 0.15) is 33.5 Å². The van der Waals surface area contributed by atoms with Crippen molar-refractivity contribution in [3.63, 3.8) is 0 Å². The molecule has 0 saturated heterocycles. The summed E-state index contributed by atoms with van der Waals surface area (Å²) in [6, 6.07) is 9.69. The summed E-state index contributed by atoms with van der Waals surface area (Å²) in [6.45, 7) is 6.89. The van der Waals surface area contributed by atoms with Gasteiger partial charge in [0, 0.05) is 10.9 Å². The normalized spacial score (nSPS) is 12.4. The fourth-order valence-electron chi connectivity index (χ4n) is 2.69. The van der Waals surface area contributed by atoms with Crippen LogP contribution in [-0.2, 0) is 15.3 Å². The zero-order valence-corrected chi connectivity index (χ0v) is 19.3. The zero-order valence-electron chi connectivity index (χ0n) is 17.6. The van der Waals surface area contributed by atoms with Crippen molar-refractivity contribution < 1.29 is 14.3 Å². The van der Waals surface area contributed by atoms with E-state index in [9.17, 15) is 14.4 Å². The molecule has 3 aromatic rings. The average molecular weight is 461 g/mol. The Hall–Kier alpha value is -2.85. The molecule has 2 amide bonds. The minimum atomic E-state index is -0.735. The summed E-state index contributed by atoms with van der Waals surface area (Å²) >= 11 is 2.70. The first-order valence-electron chi connectivity index (χ1n) is 9.60. The second-order valence-corrected chi connectivity index (χ2v) is 9.96. The Morgan fingerprint density at radius 1 is 1.23 bits per heavy atom. The number of H-pyrrole nitrogens is 1. The molecule has 2 heterocycles. The first kappa shape index (κ1) is 22.8. The van der Waals surface area contributed by atoms with Gasteiger partial charge in [0.15, 0.2) is 0 Å². The number of carbonyl (C=O) groups excluding carboxylic acids is 2. The fourth-order valence-corrected chi connectivity index (χ4v) is 4.41. The second kappa shape index (κ2) is 9.52. The topological polar surface area (TPSA) is 113 Å². The summed E-state index contributed by atoms with van der Waals surface area (Å²) in [4.78, 5) is 44.5. The molecule has 1 aromatic carbocycles. The number of ether oxygens (including phenoxy) is 1. The van der Waals surface area contributed by atoms with Gasteiger partial charge in [-0.05, 0) is 33.3 Å². The Labute approximate surface area is 187 Å². The summed E-state index contributed by atoms with van der Waals surface area (Å²) in [5, 5.41) is 2.01. The van der Waals surface area contributed by atoms with Crippen molar-refractivity contribution >= 4 is 45.3 Å². The quantitative estimate of drug-likeness (QED) is 0.499. The molecule has 10 heteroatoms. The molecule has 1 atom stereocenters. The monoisotopic (exact) mass is 460 g/mol. The van der Waals surface area contributed by atoms with Crippen molar-refractivity contribution in [3.05, 3.63) is 51.9 Å². The van der Waals surface area contributed by atoms with Crippen LogP contribution < -0.4 is 16.4 Å². The van der Waals surface area contributed by atoms with Gasteiger partial charge in [-0.25, -0.2) is 15.2 Å². The molecule has 8 nitrogen and oxygen atoms in total. The lowest BCUT2D eigenvalue weighted by molar-refractivity contribution is -0.121. The third kappa shape index (κ3) is 6.08. The standard InChI is InChI=1S/C21H24N4O4S2/c1-12(17(26)24-25-20(28)29-21(2,3)4)30-11-15-22-18(27)16-14(10-31-19(16)23-15)13-8-6-5-7-9-13/h5-10,12H,11H2,1-4H3,(H,24,26)(H,25,28)(H,22,23,27). The number of aromatic amines is 1. The van der Waals surface area contributed by atoms with Crippen LogP contribution in [0.3, 0.4) is 0 Å². The van der Waals surface area contributed by atoms with Crippen LogP contribution in [-0.4, -0.2) is 32.8 Å².